The third-order valence-corrected chi connectivity index (χ3v) is 4.91. The summed E-state index contributed by atoms with van der Waals surface area (Å²) in [5.74, 6) is 0.530. The van der Waals surface area contributed by atoms with Gasteiger partial charge in [-0.1, -0.05) is 12.2 Å². The first-order valence-corrected chi connectivity index (χ1v) is 7.89. The highest BCUT2D eigenvalue weighted by atomic mass is 32.2. The van der Waals surface area contributed by atoms with E-state index in [0.717, 1.165) is 6.54 Å². The van der Waals surface area contributed by atoms with Gasteiger partial charge >= 0.3 is 0 Å². The van der Waals surface area contributed by atoms with Crippen molar-refractivity contribution in [3.63, 3.8) is 0 Å². The van der Waals surface area contributed by atoms with E-state index in [0.29, 0.717) is 31.0 Å². The van der Waals surface area contributed by atoms with Crippen molar-refractivity contribution < 1.29 is 13.2 Å². The average molecular weight is 280 g/mol. The van der Waals surface area contributed by atoms with Crippen LogP contribution in [0.3, 0.4) is 0 Å². The molecule has 1 atom stereocenters. The highest BCUT2D eigenvalue weighted by Gasteiger charge is 2.31. The van der Waals surface area contributed by atoms with Crippen LogP contribution >= 0.6 is 12.2 Å². The molecule has 0 aromatic rings. The Balaban J connectivity index is 2.53. The molecule has 5 nitrogen and oxygen atoms in total. The maximum atomic E-state index is 11.4. The molecule has 1 fully saturated rings. The van der Waals surface area contributed by atoms with Crippen LogP contribution in [0.1, 0.15) is 12.8 Å². The molecule has 1 heterocycles. The molecule has 100 valence electrons. The molecule has 1 aliphatic heterocycles. The summed E-state index contributed by atoms with van der Waals surface area (Å²) in [6.45, 7) is 2.02. The summed E-state index contributed by atoms with van der Waals surface area (Å²) in [5, 5.41) is 0. The SMILES string of the molecule is COCCN(CCC(N)=S)C1CCS(=O)(=O)C1. The average Bonchev–Trinajstić information content (AvgIpc) is 2.58. The first kappa shape index (κ1) is 14.8. The maximum Gasteiger partial charge on any atom is 0.151 e. The van der Waals surface area contributed by atoms with Crippen LogP contribution in [0.15, 0.2) is 0 Å². The summed E-state index contributed by atoms with van der Waals surface area (Å²) in [7, 11) is -1.21. The van der Waals surface area contributed by atoms with Crippen LogP contribution in [0, 0.1) is 0 Å². The van der Waals surface area contributed by atoms with E-state index in [2.05, 4.69) is 4.90 Å². The van der Waals surface area contributed by atoms with Gasteiger partial charge in [0.1, 0.15) is 0 Å². The van der Waals surface area contributed by atoms with Crippen molar-refractivity contribution >= 4 is 27.0 Å². The highest BCUT2D eigenvalue weighted by Crippen LogP contribution is 2.17. The van der Waals surface area contributed by atoms with Crippen molar-refractivity contribution in [1.82, 2.24) is 4.90 Å². The number of nitrogens with zero attached hydrogens (tertiary/aromatic N) is 1. The lowest BCUT2D eigenvalue weighted by Gasteiger charge is -2.27. The number of methoxy groups -OCH3 is 1. The van der Waals surface area contributed by atoms with Gasteiger partial charge in [0.15, 0.2) is 9.84 Å². The largest absolute Gasteiger partial charge is 0.393 e. The number of hydrogen-bond donors (Lipinski definition) is 1. The van der Waals surface area contributed by atoms with Gasteiger partial charge in [-0.25, -0.2) is 8.42 Å². The molecule has 0 amide bonds. The molecule has 0 spiro atoms. The fraction of sp³-hybridized carbons (Fsp3) is 0.900. The zero-order valence-corrected chi connectivity index (χ0v) is 11.7. The monoisotopic (exact) mass is 280 g/mol. The number of hydrogen-bond acceptors (Lipinski definition) is 5. The summed E-state index contributed by atoms with van der Waals surface area (Å²) in [4.78, 5) is 2.58. The lowest BCUT2D eigenvalue weighted by molar-refractivity contribution is 0.128. The summed E-state index contributed by atoms with van der Waals surface area (Å²) >= 11 is 4.85. The normalized spacial score (nSPS) is 23.1. The van der Waals surface area contributed by atoms with E-state index in [-0.39, 0.29) is 17.5 Å². The van der Waals surface area contributed by atoms with Gasteiger partial charge in [0, 0.05) is 32.7 Å². The highest BCUT2D eigenvalue weighted by molar-refractivity contribution is 7.91. The minimum absolute atomic E-state index is 0.0875. The Morgan fingerprint density at radius 3 is 2.71 bits per heavy atom. The molecule has 0 aromatic carbocycles. The van der Waals surface area contributed by atoms with Crippen molar-refractivity contribution in [3.05, 3.63) is 0 Å². The molecule has 0 saturated carbocycles. The molecule has 7 heteroatoms. The molecule has 17 heavy (non-hydrogen) atoms. The summed E-state index contributed by atoms with van der Waals surface area (Å²) in [6.07, 6.45) is 1.32. The van der Waals surface area contributed by atoms with Crippen molar-refractivity contribution in [3.8, 4) is 0 Å². The van der Waals surface area contributed by atoms with Crippen molar-refractivity contribution in [1.29, 1.82) is 0 Å². The van der Waals surface area contributed by atoms with Gasteiger partial charge in [-0.05, 0) is 6.42 Å². The minimum atomic E-state index is -2.85. The molecule has 1 saturated heterocycles. The molecule has 0 radical (unpaired) electrons. The second-order valence-electron chi connectivity index (χ2n) is 4.30. The summed E-state index contributed by atoms with van der Waals surface area (Å²) < 4.78 is 27.9. The molecule has 0 aliphatic carbocycles. The van der Waals surface area contributed by atoms with Crippen molar-refractivity contribution in [2.24, 2.45) is 5.73 Å². The van der Waals surface area contributed by atoms with Crippen LogP contribution in [-0.2, 0) is 14.6 Å². The lowest BCUT2D eigenvalue weighted by Crippen LogP contribution is -2.40. The zero-order chi connectivity index (χ0) is 12.9. The van der Waals surface area contributed by atoms with E-state index in [1.54, 1.807) is 7.11 Å². The molecule has 2 N–H and O–H groups in total. The third kappa shape index (κ3) is 5.29. The first-order valence-electron chi connectivity index (χ1n) is 5.66. The fourth-order valence-corrected chi connectivity index (χ4v) is 3.86. The minimum Gasteiger partial charge on any atom is -0.393 e. The summed E-state index contributed by atoms with van der Waals surface area (Å²) in [5.41, 5.74) is 5.48. The molecule has 1 unspecified atom stereocenters. The number of ether oxygens (including phenoxy) is 1. The quantitative estimate of drug-likeness (QED) is 0.651. The van der Waals surface area contributed by atoms with Crippen LogP contribution in [-0.4, -0.2) is 62.7 Å². The zero-order valence-electron chi connectivity index (χ0n) is 10.1. The van der Waals surface area contributed by atoms with Crippen molar-refractivity contribution in [2.45, 2.75) is 18.9 Å². The van der Waals surface area contributed by atoms with Gasteiger partial charge in [-0.2, -0.15) is 0 Å². The Morgan fingerprint density at radius 1 is 1.53 bits per heavy atom. The second kappa shape index (κ2) is 6.63. The van der Waals surface area contributed by atoms with Crippen LogP contribution in [0.4, 0.5) is 0 Å². The molecule has 0 aromatic heterocycles. The molecule has 1 aliphatic rings. The van der Waals surface area contributed by atoms with Crippen LogP contribution in [0.2, 0.25) is 0 Å². The van der Waals surface area contributed by atoms with Gasteiger partial charge < -0.3 is 10.5 Å². The Labute approximate surface area is 108 Å². The van der Waals surface area contributed by atoms with E-state index in [1.807, 2.05) is 0 Å². The number of thiocarbonyl (C=S) groups is 1. The van der Waals surface area contributed by atoms with Gasteiger partial charge in [-0.15, -0.1) is 0 Å². The molecular formula is C10H20N2O3S2. The predicted octanol–water partition coefficient (Wildman–Crippen LogP) is -0.202. The topological polar surface area (TPSA) is 72.6 Å². The molecular weight excluding hydrogens is 260 g/mol. The summed E-state index contributed by atoms with van der Waals surface area (Å²) in [6, 6.07) is 0.0875. The van der Waals surface area contributed by atoms with Crippen molar-refractivity contribution in [2.75, 3.05) is 38.3 Å². The van der Waals surface area contributed by atoms with E-state index in [4.69, 9.17) is 22.7 Å². The first-order chi connectivity index (χ1) is 7.94. The lowest BCUT2D eigenvalue weighted by atomic mass is 10.2. The third-order valence-electron chi connectivity index (χ3n) is 2.95. The van der Waals surface area contributed by atoms with Crippen LogP contribution in [0.5, 0.6) is 0 Å². The second-order valence-corrected chi connectivity index (χ2v) is 7.06. The van der Waals surface area contributed by atoms with E-state index in [1.165, 1.54) is 0 Å². The number of rotatable bonds is 7. The smallest absolute Gasteiger partial charge is 0.151 e. The fourth-order valence-electron chi connectivity index (χ4n) is 2.00. The predicted molar refractivity (Wildman–Crippen MR) is 71.9 cm³/mol. The van der Waals surface area contributed by atoms with E-state index >= 15 is 0 Å². The molecule has 1 rings (SSSR count). The maximum absolute atomic E-state index is 11.4. The Morgan fingerprint density at radius 2 is 2.24 bits per heavy atom. The Kier molecular flexibility index (Phi) is 5.78. The van der Waals surface area contributed by atoms with E-state index < -0.39 is 9.84 Å². The van der Waals surface area contributed by atoms with Gasteiger partial charge in [-0.3, -0.25) is 4.90 Å². The van der Waals surface area contributed by atoms with Crippen LogP contribution in [0.25, 0.3) is 0 Å². The molecule has 0 bridgehead atoms. The number of sulfone groups is 1. The Bertz CT molecular complexity index is 357. The van der Waals surface area contributed by atoms with Gasteiger partial charge in [0.05, 0.1) is 23.1 Å². The standard InChI is InChI=1S/C10H20N2O3S2/c1-15-6-5-12(4-2-10(11)16)9-3-7-17(13,14)8-9/h9H,2-8H2,1H3,(H2,11,16). The Hall–Kier alpha value is -0.240. The number of nitrogens with two attached hydrogens (primary N) is 1. The van der Waals surface area contributed by atoms with Gasteiger partial charge in [0.2, 0.25) is 0 Å². The van der Waals surface area contributed by atoms with Crippen LogP contribution < -0.4 is 5.73 Å². The van der Waals surface area contributed by atoms with E-state index in [9.17, 15) is 8.42 Å². The van der Waals surface area contributed by atoms with Gasteiger partial charge in [0.25, 0.3) is 0 Å².